The van der Waals surface area contributed by atoms with E-state index in [-0.39, 0.29) is 0 Å². The molecule has 0 bridgehead atoms. The molecule has 0 N–H and O–H groups in total. The summed E-state index contributed by atoms with van der Waals surface area (Å²) in [6.07, 6.45) is 20.7. The Morgan fingerprint density at radius 1 is 0.800 bits per heavy atom. The van der Waals surface area contributed by atoms with Gasteiger partial charge in [0.1, 0.15) is 0 Å². The van der Waals surface area contributed by atoms with Gasteiger partial charge in [0.05, 0.1) is 0 Å². The maximum atomic E-state index is 3.86. The van der Waals surface area contributed by atoms with Gasteiger partial charge in [0.25, 0.3) is 0 Å². The highest BCUT2D eigenvalue weighted by molar-refractivity contribution is 4.95. The minimum absolute atomic E-state index is 0.876. The topological polar surface area (TPSA) is 3.24 Å². The van der Waals surface area contributed by atoms with Crippen molar-refractivity contribution in [1.82, 2.24) is 4.90 Å². The maximum Gasteiger partial charge on any atom is 0.0102 e. The fourth-order valence-electron chi connectivity index (χ4n) is 4.36. The van der Waals surface area contributed by atoms with E-state index in [2.05, 4.69) is 30.2 Å². The Labute approximate surface area is 126 Å². The number of hydrogen-bond acceptors (Lipinski definition) is 1. The molecule has 0 amide bonds. The molecule has 2 heterocycles. The third kappa shape index (κ3) is 4.22. The summed E-state index contributed by atoms with van der Waals surface area (Å²) in [7, 11) is 0. The zero-order valence-electron chi connectivity index (χ0n) is 13.2. The number of rotatable bonds is 9. The van der Waals surface area contributed by atoms with Crippen LogP contribution in [0.15, 0.2) is 25.3 Å². The molecule has 0 radical (unpaired) electrons. The van der Waals surface area contributed by atoms with Crippen molar-refractivity contribution in [2.75, 3.05) is 0 Å². The average molecular weight is 275 g/mol. The van der Waals surface area contributed by atoms with Crippen LogP contribution in [-0.2, 0) is 0 Å². The lowest BCUT2D eigenvalue weighted by Gasteiger charge is -2.41. The predicted octanol–water partition coefficient (Wildman–Crippen LogP) is 5.47. The standard InChI is InChI=1S/C19H33N/c1-3-5-7-9-12-18-15-16-19-14-10-13-17(20(18)19)11-8-6-4-2/h3-4,17-19H,1-2,5-16H2/t17-,18+,19-/m1/s1. The fraction of sp³-hybridized carbons (Fsp3) is 0.789. The molecule has 2 aliphatic heterocycles. The van der Waals surface area contributed by atoms with Gasteiger partial charge in [-0.2, -0.15) is 0 Å². The molecule has 0 aromatic carbocycles. The largest absolute Gasteiger partial charge is 0.294 e. The number of allylic oxidation sites excluding steroid dienone is 2. The van der Waals surface area contributed by atoms with Gasteiger partial charge in [-0.25, -0.2) is 0 Å². The van der Waals surface area contributed by atoms with Crippen LogP contribution in [-0.4, -0.2) is 23.0 Å². The molecular formula is C19H33N. The van der Waals surface area contributed by atoms with E-state index in [9.17, 15) is 0 Å². The Bertz CT molecular complexity index is 296. The molecule has 1 nitrogen and oxygen atoms in total. The van der Waals surface area contributed by atoms with Crippen molar-refractivity contribution in [3.05, 3.63) is 25.3 Å². The van der Waals surface area contributed by atoms with Crippen molar-refractivity contribution in [3.8, 4) is 0 Å². The van der Waals surface area contributed by atoms with Crippen LogP contribution in [0.2, 0.25) is 0 Å². The molecule has 0 spiro atoms. The third-order valence-electron chi connectivity index (χ3n) is 5.31. The van der Waals surface area contributed by atoms with Crippen LogP contribution in [0.1, 0.15) is 77.0 Å². The quantitative estimate of drug-likeness (QED) is 0.398. The van der Waals surface area contributed by atoms with Crippen molar-refractivity contribution < 1.29 is 0 Å². The van der Waals surface area contributed by atoms with E-state index < -0.39 is 0 Å². The lowest BCUT2D eigenvalue weighted by molar-refractivity contribution is 0.0708. The Hall–Kier alpha value is -0.560. The van der Waals surface area contributed by atoms with Crippen LogP contribution < -0.4 is 0 Å². The van der Waals surface area contributed by atoms with Crippen LogP contribution in [0.25, 0.3) is 0 Å². The molecule has 0 aromatic rings. The van der Waals surface area contributed by atoms with E-state index in [1.54, 1.807) is 0 Å². The van der Waals surface area contributed by atoms with Crippen LogP contribution in [0.3, 0.4) is 0 Å². The first kappa shape index (κ1) is 15.8. The number of fused-ring (bicyclic) bond motifs is 1. The molecule has 3 atom stereocenters. The van der Waals surface area contributed by atoms with Crippen molar-refractivity contribution in [1.29, 1.82) is 0 Å². The molecule has 2 aliphatic rings. The van der Waals surface area contributed by atoms with Gasteiger partial charge in [-0.1, -0.05) is 25.0 Å². The van der Waals surface area contributed by atoms with Gasteiger partial charge in [0.2, 0.25) is 0 Å². The van der Waals surface area contributed by atoms with Gasteiger partial charge < -0.3 is 0 Å². The lowest BCUT2D eigenvalue weighted by atomic mass is 9.92. The summed E-state index contributed by atoms with van der Waals surface area (Å²) < 4.78 is 0. The molecule has 0 saturated carbocycles. The molecule has 20 heavy (non-hydrogen) atoms. The lowest BCUT2D eigenvalue weighted by Crippen LogP contribution is -2.47. The smallest absolute Gasteiger partial charge is 0.0102 e. The summed E-state index contributed by atoms with van der Waals surface area (Å²) in [5.74, 6) is 0. The molecule has 0 aliphatic carbocycles. The molecular weight excluding hydrogens is 242 g/mol. The van der Waals surface area contributed by atoms with E-state index >= 15 is 0 Å². The highest BCUT2D eigenvalue weighted by Gasteiger charge is 2.39. The predicted molar refractivity (Wildman–Crippen MR) is 89.0 cm³/mol. The van der Waals surface area contributed by atoms with Crippen molar-refractivity contribution >= 4 is 0 Å². The summed E-state index contributed by atoms with van der Waals surface area (Å²) in [5, 5.41) is 0. The molecule has 2 rings (SSSR count). The van der Waals surface area contributed by atoms with Gasteiger partial charge in [-0.15, -0.1) is 13.2 Å². The third-order valence-corrected chi connectivity index (χ3v) is 5.31. The van der Waals surface area contributed by atoms with E-state index in [4.69, 9.17) is 0 Å². The second-order valence-electron chi connectivity index (χ2n) is 6.71. The summed E-state index contributed by atoms with van der Waals surface area (Å²) >= 11 is 0. The Balaban J connectivity index is 1.82. The second-order valence-corrected chi connectivity index (χ2v) is 6.71. The summed E-state index contributed by atoms with van der Waals surface area (Å²) in [4.78, 5) is 2.94. The second kappa shape index (κ2) is 8.67. The van der Waals surface area contributed by atoms with Crippen LogP contribution in [0.5, 0.6) is 0 Å². The van der Waals surface area contributed by atoms with Crippen LogP contribution in [0, 0.1) is 0 Å². The van der Waals surface area contributed by atoms with Gasteiger partial charge in [0, 0.05) is 18.1 Å². The molecule has 1 heteroatoms. The minimum Gasteiger partial charge on any atom is -0.294 e. The van der Waals surface area contributed by atoms with Gasteiger partial charge in [-0.05, 0) is 64.2 Å². The summed E-state index contributed by atoms with van der Waals surface area (Å²) in [5.41, 5.74) is 0. The number of piperidine rings is 1. The first-order valence-corrected chi connectivity index (χ1v) is 8.86. The van der Waals surface area contributed by atoms with E-state index in [1.165, 1.54) is 77.0 Å². The van der Waals surface area contributed by atoms with Crippen molar-refractivity contribution in [3.63, 3.8) is 0 Å². The molecule has 0 unspecified atom stereocenters. The first-order chi connectivity index (χ1) is 9.86. The summed E-state index contributed by atoms with van der Waals surface area (Å²) in [6.45, 7) is 7.69. The SMILES string of the molecule is C=CCCCC[C@H]1CC[C@H]2CCC[C@@H](CCCC=C)N21. The Morgan fingerprint density at radius 2 is 1.50 bits per heavy atom. The number of nitrogens with zero attached hydrogens (tertiary/aromatic N) is 1. The Kier molecular flexibility index (Phi) is 6.86. The minimum atomic E-state index is 0.876. The molecule has 2 saturated heterocycles. The Morgan fingerprint density at radius 3 is 2.30 bits per heavy atom. The average Bonchev–Trinajstić information content (AvgIpc) is 2.88. The van der Waals surface area contributed by atoms with Gasteiger partial charge >= 0.3 is 0 Å². The van der Waals surface area contributed by atoms with E-state index in [0.717, 1.165) is 18.1 Å². The number of unbranched alkanes of at least 4 members (excludes halogenated alkanes) is 3. The van der Waals surface area contributed by atoms with Crippen molar-refractivity contribution in [2.24, 2.45) is 0 Å². The van der Waals surface area contributed by atoms with Crippen LogP contribution >= 0.6 is 0 Å². The number of hydrogen-bond donors (Lipinski definition) is 0. The maximum absolute atomic E-state index is 3.86. The fourth-order valence-corrected chi connectivity index (χ4v) is 4.36. The molecule has 114 valence electrons. The van der Waals surface area contributed by atoms with Gasteiger partial charge in [0.15, 0.2) is 0 Å². The van der Waals surface area contributed by atoms with Gasteiger partial charge in [-0.3, -0.25) is 4.90 Å². The molecule has 2 fully saturated rings. The highest BCUT2D eigenvalue weighted by atomic mass is 15.2. The van der Waals surface area contributed by atoms with E-state index in [1.807, 2.05) is 0 Å². The first-order valence-electron chi connectivity index (χ1n) is 8.86. The van der Waals surface area contributed by atoms with E-state index in [0.29, 0.717) is 0 Å². The van der Waals surface area contributed by atoms with Crippen molar-refractivity contribution in [2.45, 2.75) is 95.2 Å². The molecule has 0 aromatic heterocycles. The highest BCUT2D eigenvalue weighted by Crippen LogP contribution is 2.38. The zero-order valence-corrected chi connectivity index (χ0v) is 13.2. The monoisotopic (exact) mass is 275 g/mol. The normalized spacial score (nSPS) is 30.1. The zero-order chi connectivity index (χ0) is 14.2. The van der Waals surface area contributed by atoms with Crippen LogP contribution in [0.4, 0.5) is 0 Å². The summed E-state index contributed by atoms with van der Waals surface area (Å²) in [6, 6.07) is 2.68.